The fraction of sp³-hybridized carbons (Fsp3) is 1.00. The zero-order valence-corrected chi connectivity index (χ0v) is 11.3. The molecule has 0 aliphatic carbocycles. The molecular formula is C9H22NOSi2. The first kappa shape index (κ1) is 13.4. The van der Waals surface area contributed by atoms with Gasteiger partial charge in [-0.15, -0.1) is 0 Å². The predicted molar refractivity (Wildman–Crippen MR) is 61.3 cm³/mol. The molecule has 0 aromatic carbocycles. The maximum absolute atomic E-state index is 5.65. The van der Waals surface area contributed by atoms with Crippen LogP contribution in [0.4, 0.5) is 0 Å². The maximum atomic E-state index is 5.65. The van der Waals surface area contributed by atoms with Crippen LogP contribution in [0.1, 0.15) is 34.1 Å². The molecule has 0 aromatic rings. The first-order chi connectivity index (χ1) is 6.01. The van der Waals surface area contributed by atoms with E-state index in [1.165, 1.54) is 0 Å². The van der Waals surface area contributed by atoms with Crippen molar-refractivity contribution in [2.45, 2.75) is 51.2 Å². The molecule has 0 aromatic heterocycles. The molecule has 0 saturated heterocycles. The van der Waals surface area contributed by atoms with Crippen LogP contribution in [0.15, 0.2) is 0 Å². The van der Waals surface area contributed by atoms with Crippen LogP contribution >= 0.6 is 0 Å². The molecule has 0 rings (SSSR count). The summed E-state index contributed by atoms with van der Waals surface area (Å²) in [5.41, 5.74) is 6.81. The molecule has 4 heteroatoms. The summed E-state index contributed by atoms with van der Waals surface area (Å²) in [6.45, 7) is 9.78. The smallest absolute Gasteiger partial charge is 0.230 e. The summed E-state index contributed by atoms with van der Waals surface area (Å²) in [6.07, 6.45) is 1.08. The van der Waals surface area contributed by atoms with Gasteiger partial charge in [-0.3, -0.25) is 0 Å². The fourth-order valence-corrected chi connectivity index (χ4v) is 7.45. The van der Waals surface area contributed by atoms with E-state index in [1.807, 2.05) is 0 Å². The van der Waals surface area contributed by atoms with Crippen molar-refractivity contribution in [3.8, 4) is 0 Å². The van der Waals surface area contributed by atoms with Gasteiger partial charge in [0.15, 0.2) is 8.32 Å². The first-order valence-electron chi connectivity index (χ1n) is 5.06. The fourth-order valence-electron chi connectivity index (χ4n) is 1.91. The standard InChI is InChI=1S/C9H22NOSi2/c1-8(2)13(11-12,9(3)4)7-5-6-10/h8-9H,5-7,10H2,1-4H3. The second kappa shape index (κ2) is 5.95. The highest BCUT2D eigenvalue weighted by molar-refractivity contribution is 6.78. The maximum Gasteiger partial charge on any atom is 0.230 e. The Labute approximate surface area is 86.9 Å². The largest absolute Gasteiger partial charge is 0.456 e. The van der Waals surface area contributed by atoms with Crippen molar-refractivity contribution in [3.05, 3.63) is 0 Å². The topological polar surface area (TPSA) is 35.2 Å². The molecule has 2 N–H and O–H groups in total. The van der Waals surface area contributed by atoms with E-state index in [0.29, 0.717) is 11.1 Å². The Hall–Kier alpha value is 0.354. The molecule has 0 spiro atoms. The summed E-state index contributed by atoms with van der Waals surface area (Å²) in [5, 5.41) is 0. The average Bonchev–Trinajstić information content (AvgIpc) is 2.05. The molecule has 0 bridgehead atoms. The van der Waals surface area contributed by atoms with Crippen molar-refractivity contribution in [3.63, 3.8) is 0 Å². The Bertz CT molecular complexity index is 132. The summed E-state index contributed by atoms with van der Waals surface area (Å²) < 4.78 is 5.65. The van der Waals surface area contributed by atoms with Gasteiger partial charge in [0.05, 0.1) is 0 Å². The molecule has 0 amide bonds. The minimum absolute atomic E-state index is 0.636. The molecular weight excluding hydrogens is 194 g/mol. The summed E-state index contributed by atoms with van der Waals surface area (Å²) in [5.74, 6) is 0. The van der Waals surface area contributed by atoms with E-state index in [0.717, 1.165) is 19.0 Å². The molecule has 3 radical (unpaired) electrons. The van der Waals surface area contributed by atoms with Gasteiger partial charge in [-0.25, -0.2) is 0 Å². The van der Waals surface area contributed by atoms with Crippen LogP contribution < -0.4 is 5.73 Å². The Morgan fingerprint density at radius 3 is 1.92 bits per heavy atom. The van der Waals surface area contributed by atoms with Crippen molar-refractivity contribution in [1.29, 1.82) is 0 Å². The van der Waals surface area contributed by atoms with Crippen LogP contribution in [0.5, 0.6) is 0 Å². The Kier molecular flexibility index (Phi) is 6.12. The molecule has 77 valence electrons. The predicted octanol–water partition coefficient (Wildman–Crippen LogP) is 2.20. The van der Waals surface area contributed by atoms with Crippen molar-refractivity contribution in [1.82, 2.24) is 0 Å². The van der Waals surface area contributed by atoms with E-state index in [9.17, 15) is 0 Å². The van der Waals surface area contributed by atoms with Gasteiger partial charge in [0.25, 0.3) is 0 Å². The number of hydrogen-bond donors (Lipinski definition) is 1. The third-order valence-electron chi connectivity index (χ3n) is 2.92. The lowest BCUT2D eigenvalue weighted by Crippen LogP contribution is -2.44. The number of hydrogen-bond acceptors (Lipinski definition) is 2. The van der Waals surface area contributed by atoms with Gasteiger partial charge < -0.3 is 9.85 Å². The molecule has 2 nitrogen and oxygen atoms in total. The normalized spacial score (nSPS) is 12.9. The van der Waals surface area contributed by atoms with Crippen LogP contribution in [0.2, 0.25) is 17.1 Å². The van der Waals surface area contributed by atoms with Crippen LogP contribution in [-0.4, -0.2) is 25.3 Å². The van der Waals surface area contributed by atoms with Gasteiger partial charge in [0.1, 0.15) is 0 Å². The minimum Gasteiger partial charge on any atom is -0.456 e. The Balaban J connectivity index is 4.45. The van der Waals surface area contributed by atoms with Crippen molar-refractivity contribution < 1.29 is 4.12 Å². The van der Waals surface area contributed by atoms with Crippen molar-refractivity contribution in [2.24, 2.45) is 5.73 Å². The van der Waals surface area contributed by atoms with Crippen LogP contribution in [-0.2, 0) is 4.12 Å². The molecule has 0 aliphatic rings. The van der Waals surface area contributed by atoms with E-state index >= 15 is 0 Å². The molecule has 0 unspecified atom stereocenters. The van der Waals surface area contributed by atoms with Crippen LogP contribution in [0, 0.1) is 0 Å². The van der Waals surface area contributed by atoms with Gasteiger partial charge >= 0.3 is 0 Å². The quantitative estimate of drug-likeness (QED) is 0.691. The monoisotopic (exact) mass is 216 g/mol. The minimum atomic E-state index is -1.61. The summed E-state index contributed by atoms with van der Waals surface area (Å²) >= 11 is 0. The molecule has 13 heavy (non-hydrogen) atoms. The Morgan fingerprint density at radius 1 is 1.23 bits per heavy atom. The zero-order valence-electron chi connectivity index (χ0n) is 9.26. The van der Waals surface area contributed by atoms with Crippen LogP contribution in [0.25, 0.3) is 0 Å². The third kappa shape index (κ3) is 3.20. The lowest BCUT2D eigenvalue weighted by molar-refractivity contribution is 0.533. The number of rotatable bonds is 6. The molecule has 0 atom stereocenters. The zero-order chi connectivity index (χ0) is 10.5. The van der Waals surface area contributed by atoms with E-state index < -0.39 is 8.32 Å². The lowest BCUT2D eigenvalue weighted by atomic mass is 10.5. The lowest BCUT2D eigenvalue weighted by Gasteiger charge is -2.37. The summed E-state index contributed by atoms with van der Waals surface area (Å²) in [6, 6.07) is 1.16. The SMILES string of the molecule is CC(C)[Si](CCCN)(O[Si])C(C)C. The molecule has 0 aliphatic heterocycles. The van der Waals surface area contributed by atoms with Gasteiger partial charge in [-0.05, 0) is 30.1 Å². The second-order valence-corrected chi connectivity index (χ2v) is 9.79. The molecule has 0 fully saturated rings. The summed E-state index contributed by atoms with van der Waals surface area (Å²) in [4.78, 5) is 0. The highest BCUT2D eigenvalue weighted by Crippen LogP contribution is 2.36. The average molecular weight is 216 g/mol. The van der Waals surface area contributed by atoms with Crippen LogP contribution in [0.3, 0.4) is 0 Å². The molecule has 0 saturated carbocycles. The molecule has 0 heterocycles. The van der Waals surface area contributed by atoms with E-state index in [4.69, 9.17) is 9.85 Å². The highest BCUT2D eigenvalue weighted by atomic mass is 28.4. The van der Waals surface area contributed by atoms with Gasteiger partial charge in [-0.1, -0.05) is 27.7 Å². The van der Waals surface area contributed by atoms with Crippen molar-refractivity contribution >= 4 is 18.8 Å². The van der Waals surface area contributed by atoms with Crippen molar-refractivity contribution in [2.75, 3.05) is 6.54 Å². The highest BCUT2D eigenvalue weighted by Gasteiger charge is 2.39. The third-order valence-corrected chi connectivity index (χ3v) is 9.48. The second-order valence-electron chi connectivity index (χ2n) is 4.26. The van der Waals surface area contributed by atoms with E-state index in [1.54, 1.807) is 0 Å². The Morgan fingerprint density at radius 2 is 1.69 bits per heavy atom. The van der Waals surface area contributed by atoms with E-state index in [-0.39, 0.29) is 0 Å². The summed E-state index contributed by atoms with van der Waals surface area (Å²) in [7, 11) is 1.66. The number of nitrogens with two attached hydrogens (primary N) is 1. The van der Waals surface area contributed by atoms with E-state index in [2.05, 4.69) is 38.2 Å². The van der Waals surface area contributed by atoms with Gasteiger partial charge in [0.2, 0.25) is 10.5 Å². The first-order valence-corrected chi connectivity index (χ1v) is 7.74. The van der Waals surface area contributed by atoms with Gasteiger partial charge in [0, 0.05) is 0 Å². The van der Waals surface area contributed by atoms with Gasteiger partial charge in [-0.2, -0.15) is 0 Å².